The first-order chi connectivity index (χ1) is 17.6. The van der Waals surface area contributed by atoms with Gasteiger partial charge in [-0.05, 0) is 89.0 Å². The summed E-state index contributed by atoms with van der Waals surface area (Å²) in [7, 11) is -3.74. The van der Waals surface area contributed by atoms with Crippen LogP contribution in [0.15, 0.2) is 41.6 Å². The van der Waals surface area contributed by atoms with Crippen molar-refractivity contribution < 1.29 is 13.2 Å². The highest BCUT2D eigenvalue weighted by atomic mass is 32.2. The summed E-state index contributed by atoms with van der Waals surface area (Å²) in [5, 5.41) is 4.40. The minimum atomic E-state index is -3.74. The summed E-state index contributed by atoms with van der Waals surface area (Å²) in [5.74, 6) is 1.58. The van der Waals surface area contributed by atoms with E-state index in [1.807, 2.05) is 39.0 Å². The predicted molar refractivity (Wildman–Crippen MR) is 146 cm³/mol. The van der Waals surface area contributed by atoms with Gasteiger partial charge < -0.3 is 15.0 Å². The normalized spacial score (nSPS) is 18.9. The average Bonchev–Trinajstić information content (AvgIpc) is 3.61. The molecule has 2 aromatic carbocycles. The molecule has 0 atom stereocenters. The second kappa shape index (κ2) is 8.84. The largest absolute Gasteiger partial charge is 0.493 e. The number of hydrogen-bond donors (Lipinski definition) is 2. The molecule has 196 valence electrons. The number of fused-ring (bicyclic) bond motifs is 2. The molecule has 9 heteroatoms. The van der Waals surface area contributed by atoms with Crippen molar-refractivity contribution in [2.45, 2.75) is 69.7 Å². The van der Waals surface area contributed by atoms with Gasteiger partial charge in [-0.2, -0.15) is 0 Å². The average molecular weight is 522 g/mol. The van der Waals surface area contributed by atoms with Crippen molar-refractivity contribution in [2.75, 3.05) is 29.9 Å². The molecule has 2 N–H and O–H groups in total. The van der Waals surface area contributed by atoms with Gasteiger partial charge in [-0.3, -0.25) is 0 Å². The first-order valence-corrected chi connectivity index (χ1v) is 14.7. The van der Waals surface area contributed by atoms with Crippen LogP contribution in [0, 0.1) is 5.41 Å². The molecule has 2 aliphatic heterocycles. The fourth-order valence-corrected chi connectivity index (χ4v) is 7.10. The number of aromatic nitrogens is 2. The lowest BCUT2D eigenvalue weighted by molar-refractivity contribution is 0.289. The van der Waals surface area contributed by atoms with Crippen molar-refractivity contribution in [3.05, 3.63) is 42.2 Å². The monoisotopic (exact) mass is 521 g/mol. The van der Waals surface area contributed by atoms with Crippen LogP contribution < -0.4 is 19.7 Å². The molecule has 0 bridgehead atoms. The number of nitrogens with zero attached hydrogens (tertiary/aromatic N) is 3. The molecule has 0 radical (unpaired) electrons. The Morgan fingerprint density at radius 2 is 1.84 bits per heavy atom. The smallest absolute Gasteiger partial charge is 0.241 e. The number of ether oxygens (including phenoxy) is 1. The van der Waals surface area contributed by atoms with Crippen LogP contribution in [-0.4, -0.2) is 43.6 Å². The van der Waals surface area contributed by atoms with Crippen molar-refractivity contribution in [1.29, 1.82) is 0 Å². The molecule has 6 rings (SSSR count). The van der Waals surface area contributed by atoms with Crippen LogP contribution in [0.25, 0.3) is 10.9 Å². The first-order valence-electron chi connectivity index (χ1n) is 13.2. The molecule has 0 unspecified atom stereocenters. The maximum Gasteiger partial charge on any atom is 0.241 e. The Labute approximate surface area is 218 Å². The molecule has 2 fully saturated rings. The summed E-state index contributed by atoms with van der Waals surface area (Å²) < 4.78 is 35.4. The second-order valence-corrected chi connectivity index (χ2v) is 13.4. The highest BCUT2D eigenvalue weighted by Gasteiger charge is 2.44. The van der Waals surface area contributed by atoms with Gasteiger partial charge in [-0.25, -0.2) is 23.1 Å². The standard InChI is InChI=1S/C28H35N5O3S/c1-27(2,3)32-37(34,35)19-16-22-25(23(17-19)33-13-11-28(9-10-28)12-14-33)26(30-18-29-22)31-21-7-4-8-24-20(21)6-5-15-36-24/h4,7-8,16-18,32H,5-6,9-15H2,1-3H3,(H,29,30,31). The minimum Gasteiger partial charge on any atom is -0.493 e. The van der Waals surface area contributed by atoms with E-state index >= 15 is 0 Å². The molecule has 37 heavy (non-hydrogen) atoms. The van der Waals surface area contributed by atoms with E-state index < -0.39 is 15.6 Å². The number of hydrogen-bond acceptors (Lipinski definition) is 7. The van der Waals surface area contributed by atoms with Gasteiger partial charge >= 0.3 is 0 Å². The topological polar surface area (TPSA) is 96.5 Å². The molecule has 1 spiro atoms. The van der Waals surface area contributed by atoms with Crippen LogP contribution >= 0.6 is 0 Å². The fourth-order valence-electron chi connectivity index (χ4n) is 5.64. The van der Waals surface area contributed by atoms with Crippen LogP contribution in [0.2, 0.25) is 0 Å². The SMILES string of the molecule is CC(C)(C)NS(=O)(=O)c1cc(N2CCC3(CC2)CC3)c2c(Nc3cccc4c3CCCO4)ncnc2c1. The molecule has 0 amide bonds. The summed E-state index contributed by atoms with van der Waals surface area (Å²) in [5.41, 5.74) is 3.49. The van der Waals surface area contributed by atoms with Gasteiger partial charge in [0.2, 0.25) is 10.0 Å². The van der Waals surface area contributed by atoms with E-state index in [4.69, 9.17) is 4.74 Å². The van der Waals surface area contributed by atoms with E-state index in [1.165, 1.54) is 19.2 Å². The first kappa shape index (κ1) is 24.4. The lowest BCUT2D eigenvalue weighted by atomic mass is 9.93. The van der Waals surface area contributed by atoms with Gasteiger partial charge in [0.05, 0.1) is 28.1 Å². The quantitative estimate of drug-likeness (QED) is 0.479. The molecule has 1 aromatic heterocycles. The summed E-state index contributed by atoms with van der Waals surface area (Å²) >= 11 is 0. The van der Waals surface area contributed by atoms with Gasteiger partial charge in [-0.1, -0.05) is 6.07 Å². The zero-order valence-electron chi connectivity index (χ0n) is 21.8. The number of sulfonamides is 1. The molecule has 3 aliphatic rings. The van der Waals surface area contributed by atoms with Crippen LogP contribution in [-0.2, 0) is 16.4 Å². The zero-order chi connectivity index (χ0) is 25.8. The van der Waals surface area contributed by atoms with E-state index in [2.05, 4.69) is 24.9 Å². The second-order valence-electron chi connectivity index (χ2n) is 11.8. The van der Waals surface area contributed by atoms with Gasteiger partial charge in [0, 0.05) is 29.9 Å². The van der Waals surface area contributed by atoms with Crippen LogP contribution in [0.1, 0.15) is 58.4 Å². The Kier molecular flexibility index (Phi) is 5.84. The van der Waals surface area contributed by atoms with Crippen LogP contribution in [0.3, 0.4) is 0 Å². The predicted octanol–water partition coefficient (Wildman–Crippen LogP) is 5.16. The highest BCUT2D eigenvalue weighted by molar-refractivity contribution is 7.89. The molecular weight excluding hydrogens is 486 g/mol. The third-order valence-electron chi connectivity index (χ3n) is 7.78. The van der Waals surface area contributed by atoms with E-state index in [1.54, 1.807) is 12.1 Å². The number of anilines is 3. The van der Waals surface area contributed by atoms with Crippen molar-refractivity contribution >= 4 is 38.1 Å². The number of nitrogens with one attached hydrogen (secondary N) is 2. The molecule has 1 saturated carbocycles. The molecule has 8 nitrogen and oxygen atoms in total. The minimum absolute atomic E-state index is 0.228. The Morgan fingerprint density at radius 1 is 1.05 bits per heavy atom. The Morgan fingerprint density at radius 3 is 2.57 bits per heavy atom. The summed E-state index contributed by atoms with van der Waals surface area (Å²) in [4.78, 5) is 11.7. The summed E-state index contributed by atoms with van der Waals surface area (Å²) in [6.07, 6.45) is 8.29. The van der Waals surface area contributed by atoms with Gasteiger partial charge in [0.15, 0.2) is 0 Å². The third-order valence-corrected chi connectivity index (χ3v) is 9.52. The van der Waals surface area contributed by atoms with Crippen molar-refractivity contribution in [3.8, 4) is 5.75 Å². The number of rotatable bonds is 5. The number of benzene rings is 2. The summed E-state index contributed by atoms with van der Waals surface area (Å²) in [6.45, 7) is 8.07. The third kappa shape index (κ3) is 4.86. The van der Waals surface area contributed by atoms with Crippen molar-refractivity contribution in [3.63, 3.8) is 0 Å². The van der Waals surface area contributed by atoms with Crippen molar-refractivity contribution in [1.82, 2.24) is 14.7 Å². The van der Waals surface area contributed by atoms with Gasteiger partial charge in [0.25, 0.3) is 0 Å². The lowest BCUT2D eigenvalue weighted by Gasteiger charge is -2.35. The highest BCUT2D eigenvalue weighted by Crippen LogP contribution is 2.54. The van der Waals surface area contributed by atoms with Crippen LogP contribution in [0.5, 0.6) is 5.75 Å². The molecule has 1 saturated heterocycles. The van der Waals surface area contributed by atoms with E-state index in [-0.39, 0.29) is 4.90 Å². The number of piperidine rings is 1. The Balaban J connectivity index is 1.47. The van der Waals surface area contributed by atoms with E-state index in [9.17, 15) is 8.42 Å². The maximum atomic E-state index is 13.4. The molecule has 1 aliphatic carbocycles. The molecule has 3 heterocycles. The molecular formula is C28H35N5O3S. The summed E-state index contributed by atoms with van der Waals surface area (Å²) in [6, 6.07) is 9.50. The zero-order valence-corrected chi connectivity index (χ0v) is 22.6. The van der Waals surface area contributed by atoms with Crippen molar-refractivity contribution in [2.24, 2.45) is 5.41 Å². The maximum absolute atomic E-state index is 13.4. The molecule has 3 aromatic rings. The fraction of sp³-hybridized carbons (Fsp3) is 0.500. The Bertz CT molecular complexity index is 1450. The van der Waals surface area contributed by atoms with E-state index in [0.29, 0.717) is 16.7 Å². The van der Waals surface area contributed by atoms with Crippen LogP contribution in [0.4, 0.5) is 17.2 Å². The Hall–Kier alpha value is -2.91. The lowest BCUT2D eigenvalue weighted by Crippen LogP contribution is -2.40. The van der Waals surface area contributed by atoms with Gasteiger partial charge in [0.1, 0.15) is 17.9 Å². The van der Waals surface area contributed by atoms with Gasteiger partial charge in [-0.15, -0.1) is 0 Å². The van der Waals surface area contributed by atoms with E-state index in [0.717, 1.165) is 73.5 Å².